The molecular formula is C27H29N3O2. The Bertz CT molecular complexity index is 1010. The zero-order chi connectivity index (χ0) is 23.0. The normalized spacial score (nSPS) is 11.5. The smallest absolute Gasteiger partial charge is 0.259 e. The number of carbonyl (C=O) groups excluding carboxylic acids is 2. The Hall–Kier alpha value is -3.73. The van der Waals surface area contributed by atoms with Gasteiger partial charge in [0.15, 0.2) is 0 Å². The van der Waals surface area contributed by atoms with Gasteiger partial charge in [0.05, 0.1) is 18.7 Å². The van der Waals surface area contributed by atoms with Crippen molar-refractivity contribution in [3.8, 4) is 0 Å². The SMILES string of the molecule is CC(C)(C)c1ccc(/C=N/NC(=O)CNC(=O)C(c2ccccc2)c2ccccc2)cc1. The maximum atomic E-state index is 12.9. The maximum absolute atomic E-state index is 12.9. The second-order valence-corrected chi connectivity index (χ2v) is 8.64. The fourth-order valence-electron chi connectivity index (χ4n) is 3.34. The molecule has 0 saturated carbocycles. The number of nitrogens with one attached hydrogen (secondary N) is 2. The minimum atomic E-state index is -0.491. The predicted octanol–water partition coefficient (Wildman–Crippen LogP) is 4.38. The molecule has 0 aliphatic rings. The molecule has 0 aromatic heterocycles. The van der Waals surface area contributed by atoms with E-state index >= 15 is 0 Å². The molecule has 3 rings (SSSR count). The fraction of sp³-hybridized carbons (Fsp3) is 0.222. The number of rotatable bonds is 7. The molecule has 0 spiro atoms. The van der Waals surface area contributed by atoms with Crippen LogP contribution in [0.4, 0.5) is 0 Å². The summed E-state index contributed by atoms with van der Waals surface area (Å²) in [7, 11) is 0. The third-order valence-corrected chi connectivity index (χ3v) is 5.13. The highest BCUT2D eigenvalue weighted by Gasteiger charge is 2.22. The van der Waals surface area contributed by atoms with Crippen molar-refractivity contribution in [2.75, 3.05) is 6.54 Å². The van der Waals surface area contributed by atoms with Gasteiger partial charge in [0.25, 0.3) is 5.91 Å². The van der Waals surface area contributed by atoms with Crippen molar-refractivity contribution in [2.24, 2.45) is 5.10 Å². The number of hydrogen-bond acceptors (Lipinski definition) is 3. The Morgan fingerprint density at radius 2 is 1.38 bits per heavy atom. The number of amides is 2. The Kier molecular flexibility index (Phi) is 7.55. The summed E-state index contributed by atoms with van der Waals surface area (Å²) in [6, 6.07) is 27.1. The van der Waals surface area contributed by atoms with E-state index in [1.54, 1.807) is 6.21 Å². The first-order chi connectivity index (χ1) is 15.3. The molecule has 0 atom stereocenters. The molecule has 5 heteroatoms. The van der Waals surface area contributed by atoms with Gasteiger partial charge in [0, 0.05) is 0 Å². The maximum Gasteiger partial charge on any atom is 0.259 e. The van der Waals surface area contributed by atoms with Crippen LogP contribution in [-0.4, -0.2) is 24.6 Å². The fourth-order valence-corrected chi connectivity index (χ4v) is 3.34. The van der Waals surface area contributed by atoms with Gasteiger partial charge in [-0.1, -0.05) is 106 Å². The summed E-state index contributed by atoms with van der Waals surface area (Å²) in [5, 5.41) is 6.72. The van der Waals surface area contributed by atoms with Crippen LogP contribution in [0.3, 0.4) is 0 Å². The van der Waals surface area contributed by atoms with Crippen LogP contribution in [0, 0.1) is 0 Å². The molecule has 2 amide bonds. The average Bonchev–Trinajstić information content (AvgIpc) is 2.79. The van der Waals surface area contributed by atoms with Gasteiger partial charge >= 0.3 is 0 Å². The molecule has 0 heterocycles. The molecule has 0 fully saturated rings. The first-order valence-electron chi connectivity index (χ1n) is 10.6. The first-order valence-corrected chi connectivity index (χ1v) is 10.6. The van der Waals surface area contributed by atoms with Crippen molar-refractivity contribution in [1.29, 1.82) is 0 Å². The van der Waals surface area contributed by atoms with Crippen molar-refractivity contribution in [3.05, 3.63) is 107 Å². The van der Waals surface area contributed by atoms with Crippen LogP contribution in [0.1, 0.15) is 48.9 Å². The average molecular weight is 428 g/mol. The lowest BCUT2D eigenvalue weighted by molar-refractivity contribution is -0.126. The number of carbonyl (C=O) groups is 2. The van der Waals surface area contributed by atoms with E-state index < -0.39 is 5.92 Å². The summed E-state index contributed by atoms with van der Waals surface area (Å²) in [5.74, 6) is -1.12. The van der Waals surface area contributed by atoms with E-state index in [4.69, 9.17) is 0 Å². The predicted molar refractivity (Wildman–Crippen MR) is 129 cm³/mol. The lowest BCUT2D eigenvalue weighted by Gasteiger charge is -2.18. The molecule has 5 nitrogen and oxygen atoms in total. The van der Waals surface area contributed by atoms with Gasteiger partial charge in [-0.3, -0.25) is 9.59 Å². The van der Waals surface area contributed by atoms with Crippen LogP contribution in [0.15, 0.2) is 90.0 Å². The summed E-state index contributed by atoms with van der Waals surface area (Å²) in [5.41, 5.74) is 6.40. The first kappa shape index (κ1) is 22.9. The summed E-state index contributed by atoms with van der Waals surface area (Å²) in [4.78, 5) is 25.1. The van der Waals surface area contributed by atoms with E-state index in [-0.39, 0.29) is 23.8 Å². The molecule has 164 valence electrons. The standard InChI is InChI=1S/C27H29N3O2/c1-27(2,3)23-16-14-20(15-17-23)18-29-30-24(31)19-28-26(32)25(21-10-6-4-7-11-21)22-12-8-5-9-13-22/h4-18,25H,19H2,1-3H3,(H,28,32)(H,30,31)/b29-18+. The number of hydrazone groups is 1. The molecular weight excluding hydrogens is 398 g/mol. The van der Waals surface area contributed by atoms with Crippen molar-refractivity contribution >= 4 is 18.0 Å². The highest BCUT2D eigenvalue weighted by molar-refractivity contribution is 5.91. The molecule has 32 heavy (non-hydrogen) atoms. The highest BCUT2D eigenvalue weighted by Crippen LogP contribution is 2.24. The van der Waals surface area contributed by atoms with Gasteiger partial charge in [0.2, 0.25) is 5.91 Å². The lowest BCUT2D eigenvalue weighted by Crippen LogP contribution is -2.37. The zero-order valence-corrected chi connectivity index (χ0v) is 18.7. The van der Waals surface area contributed by atoms with E-state index in [0.29, 0.717) is 0 Å². The lowest BCUT2D eigenvalue weighted by atomic mass is 9.87. The molecule has 0 bridgehead atoms. The zero-order valence-electron chi connectivity index (χ0n) is 18.7. The van der Waals surface area contributed by atoms with Gasteiger partial charge in [-0.05, 0) is 27.7 Å². The summed E-state index contributed by atoms with van der Waals surface area (Å²) < 4.78 is 0. The van der Waals surface area contributed by atoms with Crippen molar-refractivity contribution in [1.82, 2.24) is 10.7 Å². The van der Waals surface area contributed by atoms with Crippen LogP contribution in [-0.2, 0) is 15.0 Å². The van der Waals surface area contributed by atoms with Crippen LogP contribution in [0.5, 0.6) is 0 Å². The Morgan fingerprint density at radius 1 is 0.844 bits per heavy atom. The van der Waals surface area contributed by atoms with E-state index in [1.165, 1.54) is 5.56 Å². The van der Waals surface area contributed by atoms with Gasteiger partial charge in [-0.25, -0.2) is 5.43 Å². The Balaban J connectivity index is 1.57. The van der Waals surface area contributed by atoms with Gasteiger partial charge in [-0.15, -0.1) is 0 Å². The Morgan fingerprint density at radius 3 is 1.88 bits per heavy atom. The van der Waals surface area contributed by atoms with Crippen LogP contribution in [0.25, 0.3) is 0 Å². The number of hydrogen-bond donors (Lipinski definition) is 2. The number of nitrogens with zero attached hydrogens (tertiary/aromatic N) is 1. The third kappa shape index (κ3) is 6.38. The van der Waals surface area contributed by atoms with E-state index in [1.807, 2.05) is 72.8 Å². The summed E-state index contributed by atoms with van der Waals surface area (Å²) in [6.45, 7) is 6.32. The van der Waals surface area contributed by atoms with Gasteiger partial charge in [0.1, 0.15) is 0 Å². The molecule has 0 unspecified atom stereocenters. The van der Waals surface area contributed by atoms with Crippen LogP contribution >= 0.6 is 0 Å². The Labute approximate surface area is 189 Å². The van der Waals surface area contributed by atoms with E-state index in [9.17, 15) is 9.59 Å². The second-order valence-electron chi connectivity index (χ2n) is 8.64. The highest BCUT2D eigenvalue weighted by atomic mass is 16.2. The molecule has 0 saturated heterocycles. The van der Waals surface area contributed by atoms with E-state index in [2.05, 4.69) is 48.7 Å². The van der Waals surface area contributed by atoms with Crippen LogP contribution in [0.2, 0.25) is 0 Å². The summed E-state index contributed by atoms with van der Waals surface area (Å²) >= 11 is 0. The minimum Gasteiger partial charge on any atom is -0.346 e. The van der Waals surface area contributed by atoms with Crippen molar-refractivity contribution in [3.63, 3.8) is 0 Å². The second kappa shape index (κ2) is 10.5. The molecule has 0 aliphatic carbocycles. The summed E-state index contributed by atoms with van der Waals surface area (Å²) in [6.07, 6.45) is 1.59. The minimum absolute atomic E-state index is 0.0828. The molecule has 0 aliphatic heterocycles. The van der Waals surface area contributed by atoms with E-state index in [0.717, 1.165) is 16.7 Å². The molecule has 3 aromatic rings. The third-order valence-electron chi connectivity index (χ3n) is 5.13. The quantitative estimate of drug-likeness (QED) is 0.434. The van der Waals surface area contributed by atoms with Crippen molar-refractivity contribution < 1.29 is 9.59 Å². The molecule has 0 radical (unpaired) electrons. The van der Waals surface area contributed by atoms with Gasteiger partial charge in [-0.2, -0.15) is 5.10 Å². The topological polar surface area (TPSA) is 70.6 Å². The number of benzene rings is 3. The molecule has 3 aromatic carbocycles. The largest absolute Gasteiger partial charge is 0.346 e. The van der Waals surface area contributed by atoms with Crippen molar-refractivity contribution in [2.45, 2.75) is 32.1 Å². The monoisotopic (exact) mass is 427 g/mol. The van der Waals surface area contributed by atoms with Crippen LogP contribution < -0.4 is 10.7 Å². The van der Waals surface area contributed by atoms with Gasteiger partial charge < -0.3 is 5.32 Å². The molecule has 2 N–H and O–H groups in total.